The fourth-order valence-electron chi connectivity index (χ4n) is 2.10. The van der Waals surface area contributed by atoms with E-state index in [4.69, 9.17) is 0 Å². The van der Waals surface area contributed by atoms with Gasteiger partial charge in [0.25, 0.3) is 0 Å². The SMILES string of the molecule is Fc1cc(F)c(-c2ccc3ccccc3c2)cc1Br. The summed E-state index contributed by atoms with van der Waals surface area (Å²) < 4.78 is 27.4. The van der Waals surface area contributed by atoms with Crippen LogP contribution in [-0.4, -0.2) is 0 Å². The molecule has 3 aromatic carbocycles. The van der Waals surface area contributed by atoms with E-state index in [1.54, 1.807) is 0 Å². The zero-order valence-corrected chi connectivity index (χ0v) is 11.4. The summed E-state index contributed by atoms with van der Waals surface area (Å²) in [6, 6.07) is 15.9. The van der Waals surface area contributed by atoms with Crippen LogP contribution in [0.4, 0.5) is 8.78 Å². The third-order valence-corrected chi connectivity index (χ3v) is 3.68. The van der Waals surface area contributed by atoms with Crippen molar-refractivity contribution in [3.05, 3.63) is 70.7 Å². The summed E-state index contributed by atoms with van der Waals surface area (Å²) in [5.41, 5.74) is 1.12. The predicted octanol–water partition coefficient (Wildman–Crippen LogP) is 5.55. The molecule has 94 valence electrons. The second-order valence-corrected chi connectivity index (χ2v) is 5.16. The largest absolute Gasteiger partial charge is 0.206 e. The molecule has 3 aromatic rings. The highest BCUT2D eigenvalue weighted by molar-refractivity contribution is 9.10. The zero-order chi connectivity index (χ0) is 13.4. The van der Waals surface area contributed by atoms with Gasteiger partial charge >= 0.3 is 0 Å². The number of fused-ring (bicyclic) bond motifs is 1. The van der Waals surface area contributed by atoms with Gasteiger partial charge in [0, 0.05) is 11.6 Å². The van der Waals surface area contributed by atoms with Crippen molar-refractivity contribution in [2.75, 3.05) is 0 Å². The van der Waals surface area contributed by atoms with Crippen LogP contribution >= 0.6 is 15.9 Å². The van der Waals surface area contributed by atoms with Crippen molar-refractivity contribution >= 4 is 26.7 Å². The highest BCUT2D eigenvalue weighted by atomic mass is 79.9. The van der Waals surface area contributed by atoms with Crippen LogP contribution in [0.5, 0.6) is 0 Å². The van der Waals surface area contributed by atoms with E-state index in [0.717, 1.165) is 22.4 Å². The van der Waals surface area contributed by atoms with Crippen molar-refractivity contribution in [1.82, 2.24) is 0 Å². The summed E-state index contributed by atoms with van der Waals surface area (Å²) in [6.45, 7) is 0. The van der Waals surface area contributed by atoms with Gasteiger partial charge in [-0.1, -0.05) is 36.4 Å². The molecule has 0 atom stereocenters. The molecule has 3 heteroatoms. The van der Waals surface area contributed by atoms with E-state index < -0.39 is 11.6 Å². The first-order valence-corrected chi connectivity index (χ1v) is 6.58. The maximum absolute atomic E-state index is 13.9. The van der Waals surface area contributed by atoms with Gasteiger partial charge in [-0.05, 0) is 44.4 Å². The van der Waals surface area contributed by atoms with Gasteiger partial charge < -0.3 is 0 Å². The zero-order valence-electron chi connectivity index (χ0n) is 9.83. The van der Waals surface area contributed by atoms with Crippen molar-refractivity contribution in [1.29, 1.82) is 0 Å². The van der Waals surface area contributed by atoms with Crippen LogP contribution in [0.2, 0.25) is 0 Å². The van der Waals surface area contributed by atoms with Gasteiger partial charge in [-0.25, -0.2) is 8.78 Å². The van der Waals surface area contributed by atoms with E-state index in [1.165, 1.54) is 6.07 Å². The van der Waals surface area contributed by atoms with Crippen LogP contribution < -0.4 is 0 Å². The minimum absolute atomic E-state index is 0.261. The number of halogens is 3. The highest BCUT2D eigenvalue weighted by Crippen LogP contribution is 2.30. The smallest absolute Gasteiger partial charge is 0.140 e. The Bertz CT molecular complexity index is 766. The number of hydrogen-bond acceptors (Lipinski definition) is 0. The molecular weight excluding hydrogens is 310 g/mol. The first-order valence-electron chi connectivity index (χ1n) is 5.79. The molecule has 0 saturated heterocycles. The van der Waals surface area contributed by atoms with Gasteiger partial charge in [0.1, 0.15) is 11.6 Å². The maximum atomic E-state index is 13.9. The van der Waals surface area contributed by atoms with Crippen LogP contribution in [-0.2, 0) is 0 Å². The molecule has 0 fully saturated rings. The topological polar surface area (TPSA) is 0 Å². The van der Waals surface area contributed by atoms with Crippen LogP contribution in [0.15, 0.2) is 59.1 Å². The summed E-state index contributed by atoms with van der Waals surface area (Å²) in [5, 5.41) is 2.12. The Morgan fingerprint density at radius 3 is 2.26 bits per heavy atom. The molecule has 19 heavy (non-hydrogen) atoms. The van der Waals surface area contributed by atoms with Gasteiger partial charge in [-0.2, -0.15) is 0 Å². The normalized spacial score (nSPS) is 10.9. The monoisotopic (exact) mass is 318 g/mol. The van der Waals surface area contributed by atoms with Gasteiger partial charge in [0.15, 0.2) is 0 Å². The lowest BCUT2D eigenvalue weighted by atomic mass is 10.0. The minimum Gasteiger partial charge on any atom is -0.206 e. The van der Waals surface area contributed by atoms with Crippen molar-refractivity contribution in [2.24, 2.45) is 0 Å². The molecule has 0 aromatic heterocycles. The Morgan fingerprint density at radius 1 is 0.737 bits per heavy atom. The second kappa shape index (κ2) is 4.74. The highest BCUT2D eigenvalue weighted by Gasteiger charge is 2.10. The Morgan fingerprint density at radius 2 is 1.47 bits per heavy atom. The molecule has 0 nitrogen and oxygen atoms in total. The molecule has 0 saturated carbocycles. The molecule has 0 unspecified atom stereocenters. The van der Waals surface area contributed by atoms with Gasteiger partial charge in [-0.3, -0.25) is 0 Å². The lowest BCUT2D eigenvalue weighted by Gasteiger charge is -2.07. The van der Waals surface area contributed by atoms with E-state index in [1.807, 2.05) is 42.5 Å². The average Bonchev–Trinajstić information content (AvgIpc) is 2.42. The van der Waals surface area contributed by atoms with E-state index in [0.29, 0.717) is 5.56 Å². The predicted molar refractivity (Wildman–Crippen MR) is 77.0 cm³/mol. The van der Waals surface area contributed by atoms with E-state index in [2.05, 4.69) is 15.9 Å². The molecule has 3 rings (SSSR count). The molecule has 0 aliphatic rings. The van der Waals surface area contributed by atoms with Gasteiger partial charge in [0.05, 0.1) is 4.47 Å². The summed E-state index contributed by atoms with van der Waals surface area (Å²) in [4.78, 5) is 0. The molecule has 0 aliphatic heterocycles. The summed E-state index contributed by atoms with van der Waals surface area (Å²) >= 11 is 3.09. The number of rotatable bonds is 1. The lowest BCUT2D eigenvalue weighted by molar-refractivity contribution is 0.581. The fraction of sp³-hybridized carbons (Fsp3) is 0. The second-order valence-electron chi connectivity index (χ2n) is 4.31. The third kappa shape index (κ3) is 2.26. The van der Waals surface area contributed by atoms with Crippen LogP contribution in [0.25, 0.3) is 21.9 Å². The number of benzene rings is 3. The minimum atomic E-state index is -0.595. The van der Waals surface area contributed by atoms with Crippen molar-refractivity contribution in [2.45, 2.75) is 0 Å². The quantitative estimate of drug-likeness (QED) is 0.516. The van der Waals surface area contributed by atoms with Gasteiger partial charge in [-0.15, -0.1) is 0 Å². The Hall–Kier alpha value is -1.74. The van der Waals surface area contributed by atoms with Crippen LogP contribution in [0.3, 0.4) is 0 Å². The molecule has 0 spiro atoms. The van der Waals surface area contributed by atoms with Gasteiger partial charge in [0.2, 0.25) is 0 Å². The first kappa shape index (κ1) is 12.3. The Labute approximate surface area is 117 Å². The van der Waals surface area contributed by atoms with Crippen LogP contribution in [0, 0.1) is 11.6 Å². The van der Waals surface area contributed by atoms with Crippen LogP contribution in [0.1, 0.15) is 0 Å². The Kier molecular flexibility index (Phi) is 3.07. The number of hydrogen-bond donors (Lipinski definition) is 0. The maximum Gasteiger partial charge on any atom is 0.140 e. The fourth-order valence-corrected chi connectivity index (χ4v) is 2.44. The Balaban J connectivity index is 2.21. The first-order chi connectivity index (χ1) is 9.15. The molecular formula is C16H9BrF2. The standard InChI is InChI=1S/C16H9BrF2/c17-14-8-13(15(18)9-16(14)19)12-6-5-10-3-1-2-4-11(10)7-12/h1-9H. The summed E-state index contributed by atoms with van der Waals surface area (Å²) in [7, 11) is 0. The van der Waals surface area contributed by atoms with E-state index >= 15 is 0 Å². The molecule has 0 aliphatic carbocycles. The molecule has 0 heterocycles. The van der Waals surface area contributed by atoms with Crippen molar-refractivity contribution in [3.8, 4) is 11.1 Å². The summed E-state index contributed by atoms with van der Waals surface area (Å²) in [6.07, 6.45) is 0. The molecule has 0 radical (unpaired) electrons. The third-order valence-electron chi connectivity index (χ3n) is 3.07. The van der Waals surface area contributed by atoms with E-state index in [9.17, 15) is 8.78 Å². The molecule has 0 N–H and O–H groups in total. The summed E-state index contributed by atoms with van der Waals surface area (Å²) in [5.74, 6) is -1.15. The van der Waals surface area contributed by atoms with Crippen molar-refractivity contribution < 1.29 is 8.78 Å². The molecule has 0 amide bonds. The van der Waals surface area contributed by atoms with Crippen molar-refractivity contribution in [3.63, 3.8) is 0 Å². The van der Waals surface area contributed by atoms with E-state index in [-0.39, 0.29) is 4.47 Å². The molecule has 0 bridgehead atoms. The lowest BCUT2D eigenvalue weighted by Crippen LogP contribution is -1.88. The average molecular weight is 319 g/mol.